The molecule has 0 saturated carbocycles. The van der Waals surface area contributed by atoms with E-state index < -0.39 is 10.0 Å². The molecule has 0 bridgehead atoms. The van der Waals surface area contributed by atoms with Crippen LogP contribution in [0.2, 0.25) is 0 Å². The van der Waals surface area contributed by atoms with Crippen LogP contribution in [0.15, 0.2) is 59.6 Å². The molecule has 0 radical (unpaired) electrons. The summed E-state index contributed by atoms with van der Waals surface area (Å²) in [4.78, 5) is 16.5. The number of carbonyl (C=O) groups excluding carboxylic acids is 1. The number of ether oxygens (including phenoxy) is 1. The number of nitrogens with zero attached hydrogens (tertiary/aromatic N) is 3. The molecule has 2 N–H and O–H groups in total. The lowest BCUT2D eigenvalue weighted by atomic mass is 10.2. The van der Waals surface area contributed by atoms with Gasteiger partial charge in [0.1, 0.15) is 11.6 Å². The van der Waals surface area contributed by atoms with Gasteiger partial charge in [-0.15, -0.1) is 0 Å². The van der Waals surface area contributed by atoms with E-state index >= 15 is 0 Å². The molecular formula is C22H24FN5O4S. The Hall–Kier alpha value is -3.60. The van der Waals surface area contributed by atoms with Crippen molar-refractivity contribution in [3.8, 4) is 5.75 Å². The number of aromatic nitrogens is 2. The largest absolute Gasteiger partial charge is 0.494 e. The number of benzene rings is 2. The number of hydrogen-bond acceptors (Lipinski definition) is 6. The second-order valence-electron chi connectivity index (χ2n) is 7.44. The van der Waals surface area contributed by atoms with Gasteiger partial charge in [-0.3, -0.25) is 14.6 Å². The highest BCUT2D eigenvalue weighted by molar-refractivity contribution is 7.92. The van der Waals surface area contributed by atoms with Crippen LogP contribution in [0.5, 0.6) is 5.75 Å². The highest BCUT2D eigenvalue weighted by atomic mass is 32.2. The molecular weight excluding hydrogens is 449 g/mol. The van der Waals surface area contributed by atoms with E-state index in [1.54, 1.807) is 41.3 Å². The van der Waals surface area contributed by atoms with E-state index in [4.69, 9.17) is 4.74 Å². The molecule has 1 aliphatic heterocycles. The number of nitrogens with one attached hydrogen (secondary N) is 2. The number of H-pyrrole nitrogens is 1. The number of anilines is 2. The fourth-order valence-electron chi connectivity index (χ4n) is 3.53. The third-order valence-corrected chi connectivity index (χ3v) is 6.53. The number of carbonyl (C=O) groups is 1. The zero-order valence-electron chi connectivity index (χ0n) is 18.0. The third kappa shape index (κ3) is 5.25. The van der Waals surface area contributed by atoms with E-state index in [1.165, 1.54) is 18.2 Å². The molecule has 1 aliphatic rings. The van der Waals surface area contributed by atoms with Crippen LogP contribution in [0.25, 0.3) is 0 Å². The topological polar surface area (TPSA) is 108 Å². The summed E-state index contributed by atoms with van der Waals surface area (Å²) in [5.41, 5.74) is 1.27. The smallest absolute Gasteiger partial charge is 0.278 e. The zero-order valence-corrected chi connectivity index (χ0v) is 18.8. The summed E-state index contributed by atoms with van der Waals surface area (Å²) in [6.07, 6.45) is 0. The van der Waals surface area contributed by atoms with Crippen molar-refractivity contribution in [2.75, 3.05) is 42.4 Å². The number of aromatic amines is 1. The third-order valence-electron chi connectivity index (χ3n) is 5.24. The Morgan fingerprint density at radius 2 is 1.76 bits per heavy atom. The standard InChI is InChI=1S/C22H24FN5O4S/c1-2-32-19-9-5-17(6-10-19)26-33(30,31)21-15-20(24-25-21)22(29)28-13-11-27(12-14-28)18-7-3-16(23)4-8-18/h3-10,15,26H,2,11-14H2,1H3,(H,24,25). The van der Waals surface area contributed by atoms with Crippen molar-refractivity contribution >= 4 is 27.3 Å². The fraction of sp³-hybridized carbons (Fsp3) is 0.273. The Balaban J connectivity index is 1.38. The molecule has 3 aromatic rings. The van der Waals surface area contributed by atoms with E-state index in [-0.39, 0.29) is 22.4 Å². The Morgan fingerprint density at radius 3 is 2.39 bits per heavy atom. The summed E-state index contributed by atoms with van der Waals surface area (Å²) in [6.45, 7) is 4.40. The minimum Gasteiger partial charge on any atom is -0.494 e. The van der Waals surface area contributed by atoms with Gasteiger partial charge in [0.2, 0.25) is 0 Å². The van der Waals surface area contributed by atoms with Gasteiger partial charge in [-0.2, -0.15) is 13.5 Å². The number of amides is 1. The van der Waals surface area contributed by atoms with Crippen LogP contribution in [0.3, 0.4) is 0 Å². The van der Waals surface area contributed by atoms with Crippen molar-refractivity contribution in [1.29, 1.82) is 0 Å². The van der Waals surface area contributed by atoms with E-state index in [2.05, 4.69) is 19.8 Å². The van der Waals surface area contributed by atoms with Gasteiger partial charge in [0.05, 0.1) is 6.61 Å². The molecule has 1 aromatic heterocycles. The highest BCUT2D eigenvalue weighted by Crippen LogP contribution is 2.21. The Kier molecular flexibility index (Phi) is 6.50. The molecule has 0 spiro atoms. The van der Waals surface area contributed by atoms with Gasteiger partial charge in [-0.1, -0.05) is 0 Å². The summed E-state index contributed by atoms with van der Waals surface area (Å²) in [6, 6.07) is 13.9. The summed E-state index contributed by atoms with van der Waals surface area (Å²) in [5.74, 6) is -0.0178. The molecule has 2 heterocycles. The quantitative estimate of drug-likeness (QED) is 0.546. The number of piperazine rings is 1. The minimum absolute atomic E-state index is 0.0253. The van der Waals surface area contributed by atoms with Gasteiger partial charge in [-0.05, 0) is 55.5 Å². The van der Waals surface area contributed by atoms with Gasteiger partial charge in [0.15, 0.2) is 10.7 Å². The maximum absolute atomic E-state index is 13.1. The molecule has 0 unspecified atom stereocenters. The monoisotopic (exact) mass is 473 g/mol. The van der Waals surface area contributed by atoms with Crippen molar-refractivity contribution in [2.24, 2.45) is 0 Å². The van der Waals surface area contributed by atoms with Gasteiger partial charge < -0.3 is 14.5 Å². The van der Waals surface area contributed by atoms with Crippen molar-refractivity contribution < 1.29 is 22.3 Å². The van der Waals surface area contributed by atoms with E-state index in [0.29, 0.717) is 44.2 Å². The van der Waals surface area contributed by atoms with Crippen LogP contribution >= 0.6 is 0 Å². The average molecular weight is 474 g/mol. The normalized spacial score (nSPS) is 14.2. The first-order chi connectivity index (χ1) is 15.9. The molecule has 0 atom stereocenters. The molecule has 174 valence electrons. The van der Waals surface area contributed by atoms with Crippen LogP contribution in [-0.4, -0.2) is 62.2 Å². The molecule has 0 aliphatic carbocycles. The Bertz CT molecular complexity index is 1200. The fourth-order valence-corrected chi connectivity index (χ4v) is 4.52. The summed E-state index contributed by atoms with van der Waals surface area (Å²) in [5, 5.41) is 6.15. The maximum Gasteiger partial charge on any atom is 0.278 e. The second kappa shape index (κ2) is 9.49. The summed E-state index contributed by atoms with van der Waals surface area (Å²) in [7, 11) is -3.95. The SMILES string of the molecule is CCOc1ccc(NS(=O)(=O)c2cc(C(=O)N3CCN(c4ccc(F)cc4)CC3)n[nH]2)cc1. The lowest BCUT2D eigenvalue weighted by Crippen LogP contribution is -2.48. The summed E-state index contributed by atoms with van der Waals surface area (Å²) < 4.78 is 46.3. The predicted octanol–water partition coefficient (Wildman–Crippen LogP) is 2.71. The Morgan fingerprint density at radius 1 is 1.09 bits per heavy atom. The van der Waals surface area contributed by atoms with E-state index in [1.807, 2.05) is 6.92 Å². The van der Waals surface area contributed by atoms with Gasteiger partial charge in [0, 0.05) is 43.6 Å². The van der Waals surface area contributed by atoms with Crippen molar-refractivity contribution in [3.63, 3.8) is 0 Å². The number of rotatable bonds is 7. The van der Waals surface area contributed by atoms with Crippen LogP contribution in [0.4, 0.5) is 15.8 Å². The van der Waals surface area contributed by atoms with Crippen LogP contribution in [0, 0.1) is 5.82 Å². The predicted molar refractivity (Wildman–Crippen MR) is 122 cm³/mol. The minimum atomic E-state index is -3.95. The maximum atomic E-state index is 13.1. The molecule has 9 nitrogen and oxygen atoms in total. The average Bonchev–Trinajstić information content (AvgIpc) is 3.32. The Labute approximate surface area is 191 Å². The second-order valence-corrected chi connectivity index (χ2v) is 9.09. The lowest BCUT2D eigenvalue weighted by Gasteiger charge is -2.35. The van der Waals surface area contributed by atoms with Crippen LogP contribution in [-0.2, 0) is 10.0 Å². The first kappa shape index (κ1) is 22.6. The van der Waals surface area contributed by atoms with Crippen LogP contribution in [0.1, 0.15) is 17.4 Å². The molecule has 1 amide bonds. The number of hydrogen-bond donors (Lipinski definition) is 2. The zero-order chi connectivity index (χ0) is 23.4. The lowest BCUT2D eigenvalue weighted by molar-refractivity contribution is 0.0741. The van der Waals surface area contributed by atoms with Gasteiger partial charge >= 0.3 is 0 Å². The van der Waals surface area contributed by atoms with E-state index in [9.17, 15) is 17.6 Å². The van der Waals surface area contributed by atoms with Crippen LogP contribution < -0.4 is 14.4 Å². The molecule has 2 aromatic carbocycles. The van der Waals surface area contributed by atoms with Crippen molar-refractivity contribution in [1.82, 2.24) is 15.1 Å². The molecule has 11 heteroatoms. The number of sulfonamides is 1. The molecule has 1 fully saturated rings. The van der Waals surface area contributed by atoms with E-state index in [0.717, 1.165) is 5.69 Å². The molecule has 4 rings (SSSR count). The first-order valence-corrected chi connectivity index (χ1v) is 11.9. The molecule has 1 saturated heterocycles. The molecule has 33 heavy (non-hydrogen) atoms. The summed E-state index contributed by atoms with van der Waals surface area (Å²) >= 11 is 0. The first-order valence-electron chi connectivity index (χ1n) is 10.5. The number of halogens is 1. The highest BCUT2D eigenvalue weighted by Gasteiger charge is 2.26. The van der Waals surface area contributed by atoms with Crippen molar-refractivity contribution in [3.05, 3.63) is 66.1 Å². The van der Waals surface area contributed by atoms with Gasteiger partial charge in [0.25, 0.3) is 15.9 Å². The van der Waals surface area contributed by atoms with Gasteiger partial charge in [-0.25, -0.2) is 4.39 Å². The van der Waals surface area contributed by atoms with Crippen molar-refractivity contribution in [2.45, 2.75) is 11.9 Å².